The Morgan fingerprint density at radius 3 is 2.37 bits per heavy atom. The van der Waals surface area contributed by atoms with Gasteiger partial charge in [-0.05, 0) is 23.3 Å². The van der Waals surface area contributed by atoms with Crippen molar-refractivity contribution < 1.29 is 18.0 Å². The zero-order valence-corrected chi connectivity index (χ0v) is 17.7. The fraction of sp³-hybridized carbons (Fsp3) is 0.158. The van der Waals surface area contributed by atoms with Crippen LogP contribution in [-0.2, 0) is 16.7 Å². The number of rotatable bonds is 8. The summed E-state index contributed by atoms with van der Waals surface area (Å²) in [4.78, 5) is 11.9. The quantitative estimate of drug-likeness (QED) is 0.283. The molecule has 0 bridgehead atoms. The molecule has 1 amide bonds. The Morgan fingerprint density at radius 1 is 1.03 bits per heavy atom. The molecule has 11 heteroatoms. The van der Waals surface area contributed by atoms with Crippen molar-refractivity contribution >= 4 is 47.0 Å². The Hall–Kier alpha value is -2.37. The van der Waals surface area contributed by atoms with E-state index in [1.807, 2.05) is 30.3 Å². The number of amides is 1. The second kappa shape index (κ2) is 10.6. The maximum atomic E-state index is 12.5. The molecule has 0 atom stereocenters. The van der Waals surface area contributed by atoms with Crippen LogP contribution >= 0.6 is 34.9 Å². The van der Waals surface area contributed by atoms with Crippen molar-refractivity contribution in [3.8, 4) is 0 Å². The van der Waals surface area contributed by atoms with E-state index in [0.717, 1.165) is 22.2 Å². The Bertz CT molecular complexity index is 992. The molecule has 0 saturated carbocycles. The molecule has 2 aromatic carbocycles. The minimum absolute atomic E-state index is 0.0995. The van der Waals surface area contributed by atoms with Crippen molar-refractivity contribution in [1.82, 2.24) is 15.6 Å². The number of halogens is 3. The highest BCUT2D eigenvalue weighted by atomic mass is 32.2. The minimum Gasteiger partial charge on any atom is -0.272 e. The molecule has 1 heterocycles. The number of carbonyl (C=O) groups is 1. The number of hydrazone groups is 1. The highest BCUT2D eigenvalue weighted by molar-refractivity contribution is 8.03. The van der Waals surface area contributed by atoms with Gasteiger partial charge in [0.05, 0.1) is 17.5 Å². The van der Waals surface area contributed by atoms with Gasteiger partial charge in [-0.2, -0.15) is 18.3 Å². The topological polar surface area (TPSA) is 67.2 Å². The van der Waals surface area contributed by atoms with Crippen molar-refractivity contribution in [1.29, 1.82) is 0 Å². The van der Waals surface area contributed by atoms with Crippen molar-refractivity contribution in [3.05, 3.63) is 71.3 Å². The third-order valence-corrected chi connectivity index (χ3v) is 6.82. The Kier molecular flexibility index (Phi) is 7.88. The molecule has 0 spiro atoms. The first kappa shape index (κ1) is 22.3. The molecule has 0 saturated heterocycles. The SMILES string of the molecule is O=C(CSc1nnc(SCc2ccccc2)s1)N/N=C/c1ccc(C(F)(F)F)cc1. The lowest BCUT2D eigenvalue weighted by molar-refractivity contribution is -0.137. The maximum absolute atomic E-state index is 12.5. The third-order valence-electron chi connectivity index (χ3n) is 3.56. The van der Waals surface area contributed by atoms with Crippen LogP contribution in [0, 0.1) is 0 Å². The number of benzene rings is 2. The summed E-state index contributed by atoms with van der Waals surface area (Å²) in [5.41, 5.74) is 3.24. The molecule has 0 aliphatic carbocycles. The zero-order valence-electron chi connectivity index (χ0n) is 15.3. The van der Waals surface area contributed by atoms with E-state index in [1.54, 1.807) is 11.8 Å². The van der Waals surface area contributed by atoms with E-state index in [4.69, 9.17) is 0 Å². The highest BCUT2D eigenvalue weighted by Crippen LogP contribution is 2.31. The molecule has 0 unspecified atom stereocenters. The summed E-state index contributed by atoms with van der Waals surface area (Å²) in [5.74, 6) is 0.540. The summed E-state index contributed by atoms with van der Waals surface area (Å²) >= 11 is 4.23. The summed E-state index contributed by atoms with van der Waals surface area (Å²) in [6.07, 6.45) is -3.10. The molecule has 3 rings (SSSR count). The zero-order chi connectivity index (χ0) is 21.4. The van der Waals surface area contributed by atoms with Crippen LogP contribution in [0.3, 0.4) is 0 Å². The van der Waals surface area contributed by atoms with Crippen LogP contribution in [0.2, 0.25) is 0 Å². The minimum atomic E-state index is -4.38. The van der Waals surface area contributed by atoms with Gasteiger partial charge < -0.3 is 0 Å². The molecular formula is C19H15F3N4OS3. The maximum Gasteiger partial charge on any atom is 0.416 e. The normalized spacial score (nSPS) is 11.7. The molecule has 30 heavy (non-hydrogen) atoms. The van der Waals surface area contributed by atoms with Gasteiger partial charge in [-0.15, -0.1) is 10.2 Å². The second-order valence-electron chi connectivity index (χ2n) is 5.81. The number of alkyl halides is 3. The molecule has 0 aliphatic heterocycles. The van der Waals surface area contributed by atoms with Crippen molar-refractivity contribution in [3.63, 3.8) is 0 Å². The van der Waals surface area contributed by atoms with Crippen LogP contribution in [0.5, 0.6) is 0 Å². The predicted molar refractivity (Wildman–Crippen MR) is 114 cm³/mol. The van der Waals surface area contributed by atoms with Gasteiger partial charge in [-0.25, -0.2) is 5.43 Å². The lowest BCUT2D eigenvalue weighted by atomic mass is 10.1. The third kappa shape index (κ3) is 7.15. The molecule has 1 N–H and O–H groups in total. The van der Waals surface area contributed by atoms with Crippen LogP contribution in [0.25, 0.3) is 0 Å². The second-order valence-corrected chi connectivity index (χ2v) is 9.23. The first-order chi connectivity index (χ1) is 14.4. The van der Waals surface area contributed by atoms with Crippen molar-refractivity contribution in [2.75, 3.05) is 5.75 Å². The summed E-state index contributed by atoms with van der Waals surface area (Å²) < 4.78 is 39.1. The van der Waals surface area contributed by atoms with Gasteiger partial charge in [0, 0.05) is 5.75 Å². The Morgan fingerprint density at radius 2 is 1.70 bits per heavy atom. The van der Waals surface area contributed by atoms with Gasteiger partial charge in [0.1, 0.15) is 0 Å². The molecule has 0 radical (unpaired) electrons. The number of aromatic nitrogens is 2. The largest absolute Gasteiger partial charge is 0.416 e. The molecule has 1 aromatic heterocycles. The van der Waals surface area contributed by atoms with Gasteiger partial charge in [-0.1, -0.05) is 77.3 Å². The lowest BCUT2D eigenvalue weighted by Crippen LogP contribution is -2.19. The Labute approximate surface area is 183 Å². The lowest BCUT2D eigenvalue weighted by Gasteiger charge is -2.05. The molecule has 5 nitrogen and oxygen atoms in total. The van der Waals surface area contributed by atoms with Gasteiger partial charge in [0.2, 0.25) is 0 Å². The van der Waals surface area contributed by atoms with Crippen LogP contribution in [0.1, 0.15) is 16.7 Å². The summed E-state index contributed by atoms with van der Waals surface area (Å²) in [5, 5.41) is 11.9. The average molecular weight is 469 g/mol. The van der Waals surface area contributed by atoms with Crippen molar-refractivity contribution in [2.24, 2.45) is 5.10 Å². The first-order valence-electron chi connectivity index (χ1n) is 8.52. The van der Waals surface area contributed by atoms with Gasteiger partial charge in [0.25, 0.3) is 5.91 Å². The summed E-state index contributed by atoms with van der Waals surface area (Å²) in [7, 11) is 0. The van der Waals surface area contributed by atoms with Crippen LogP contribution in [0.4, 0.5) is 13.2 Å². The van der Waals surface area contributed by atoms with E-state index < -0.39 is 11.7 Å². The number of hydrogen-bond acceptors (Lipinski definition) is 7. The average Bonchev–Trinajstić information content (AvgIpc) is 3.19. The van der Waals surface area contributed by atoms with Gasteiger partial charge >= 0.3 is 6.18 Å². The molecule has 0 fully saturated rings. The summed E-state index contributed by atoms with van der Waals surface area (Å²) in [6, 6.07) is 14.5. The van der Waals surface area contributed by atoms with Crippen LogP contribution in [-0.4, -0.2) is 28.1 Å². The summed E-state index contributed by atoms with van der Waals surface area (Å²) in [6.45, 7) is 0. The fourth-order valence-electron chi connectivity index (χ4n) is 2.13. The molecular weight excluding hydrogens is 453 g/mol. The number of hydrogen-bond donors (Lipinski definition) is 1. The number of nitrogens with one attached hydrogen (secondary N) is 1. The van der Waals surface area contributed by atoms with E-state index >= 15 is 0 Å². The number of carbonyl (C=O) groups excluding carboxylic acids is 1. The van der Waals surface area contributed by atoms with E-state index in [9.17, 15) is 18.0 Å². The van der Waals surface area contributed by atoms with Crippen LogP contribution < -0.4 is 5.43 Å². The molecule has 3 aromatic rings. The van der Waals surface area contributed by atoms with E-state index in [-0.39, 0.29) is 11.7 Å². The number of nitrogens with zero attached hydrogens (tertiary/aromatic N) is 3. The van der Waals surface area contributed by atoms with Crippen molar-refractivity contribution in [2.45, 2.75) is 20.6 Å². The van der Waals surface area contributed by atoms with E-state index in [0.29, 0.717) is 9.90 Å². The predicted octanol–water partition coefficient (Wildman–Crippen LogP) is 5.09. The molecule has 0 aliphatic rings. The monoisotopic (exact) mass is 468 g/mol. The van der Waals surface area contributed by atoms with E-state index in [1.165, 1.54) is 47.0 Å². The number of thioether (sulfide) groups is 2. The standard InChI is InChI=1S/C19H15F3N4OS3/c20-19(21,22)15-8-6-13(7-9-15)10-23-24-16(27)12-29-18-26-25-17(30-18)28-11-14-4-2-1-3-5-14/h1-10H,11-12H2,(H,24,27)/b23-10+. The van der Waals surface area contributed by atoms with Gasteiger partial charge in [0.15, 0.2) is 8.68 Å². The highest BCUT2D eigenvalue weighted by Gasteiger charge is 2.29. The van der Waals surface area contributed by atoms with E-state index in [2.05, 4.69) is 20.7 Å². The fourth-order valence-corrected chi connectivity index (χ4v) is 4.90. The van der Waals surface area contributed by atoms with Gasteiger partial charge in [-0.3, -0.25) is 4.79 Å². The smallest absolute Gasteiger partial charge is 0.272 e. The first-order valence-corrected chi connectivity index (χ1v) is 11.3. The van der Waals surface area contributed by atoms with Crippen LogP contribution in [0.15, 0.2) is 68.4 Å². The molecule has 156 valence electrons. The Balaban J connectivity index is 1.40.